The van der Waals surface area contributed by atoms with Crippen molar-refractivity contribution in [1.82, 2.24) is 4.57 Å². The molecule has 0 saturated heterocycles. The summed E-state index contributed by atoms with van der Waals surface area (Å²) < 4.78 is 2.44. The third-order valence-electron chi connectivity index (χ3n) is 6.53. The molecule has 0 amide bonds. The number of aryl methyl sites for hydroxylation is 2. The first-order valence-corrected chi connectivity index (χ1v) is 12.7. The molecule has 3 aromatic carbocycles. The van der Waals surface area contributed by atoms with E-state index in [1.165, 1.54) is 28.0 Å². The van der Waals surface area contributed by atoms with Crippen LogP contribution in [-0.2, 0) is 6.42 Å². The van der Waals surface area contributed by atoms with Crippen LogP contribution >= 0.6 is 34.5 Å². The van der Waals surface area contributed by atoms with Gasteiger partial charge in [-0.15, -0.1) is 0 Å². The lowest BCUT2D eigenvalue weighted by Crippen LogP contribution is -2.38. The van der Waals surface area contributed by atoms with E-state index in [0.717, 1.165) is 35.2 Å². The number of hydrogen-bond donors (Lipinski definition) is 0. The molecule has 0 fully saturated rings. The second kappa shape index (κ2) is 8.38. The van der Waals surface area contributed by atoms with Crippen LogP contribution in [0.3, 0.4) is 0 Å². The number of hydrogen-bond acceptors (Lipinski definition) is 3. The van der Waals surface area contributed by atoms with E-state index in [4.69, 9.17) is 28.2 Å². The van der Waals surface area contributed by atoms with Gasteiger partial charge >= 0.3 is 0 Å². The second-order valence-corrected chi connectivity index (χ2v) is 10.5. The van der Waals surface area contributed by atoms with E-state index in [0.29, 0.717) is 19.4 Å². The van der Waals surface area contributed by atoms with Gasteiger partial charge in [-0.25, -0.2) is 4.99 Å². The van der Waals surface area contributed by atoms with Gasteiger partial charge in [0.25, 0.3) is 5.56 Å². The van der Waals surface area contributed by atoms with Gasteiger partial charge in [0.15, 0.2) is 4.80 Å². The van der Waals surface area contributed by atoms with Gasteiger partial charge in [-0.1, -0.05) is 101 Å². The summed E-state index contributed by atoms with van der Waals surface area (Å²) in [7, 11) is 0. The Labute approximate surface area is 210 Å². The van der Waals surface area contributed by atoms with Crippen LogP contribution < -0.4 is 14.9 Å². The van der Waals surface area contributed by atoms with Crippen molar-refractivity contribution in [1.29, 1.82) is 0 Å². The Balaban J connectivity index is 1.64. The van der Waals surface area contributed by atoms with E-state index < -0.39 is 0 Å². The molecule has 0 spiro atoms. The molecule has 2 aliphatic rings. The highest BCUT2D eigenvalue weighted by Gasteiger charge is 2.32. The van der Waals surface area contributed by atoms with E-state index in [1.807, 2.05) is 22.8 Å². The molecule has 6 heteroatoms. The first-order chi connectivity index (χ1) is 16.5. The highest BCUT2D eigenvalue weighted by atomic mass is 35.5. The van der Waals surface area contributed by atoms with Gasteiger partial charge in [-0.05, 0) is 54.2 Å². The predicted molar refractivity (Wildman–Crippen MR) is 140 cm³/mol. The van der Waals surface area contributed by atoms with E-state index >= 15 is 0 Å². The lowest BCUT2D eigenvalue weighted by molar-refractivity contribution is 0.585. The molecular weight excluding hydrogens is 483 g/mol. The fourth-order valence-electron chi connectivity index (χ4n) is 4.84. The Morgan fingerprint density at radius 3 is 2.62 bits per heavy atom. The Morgan fingerprint density at radius 2 is 1.79 bits per heavy atom. The van der Waals surface area contributed by atoms with Crippen molar-refractivity contribution in [3.63, 3.8) is 0 Å². The van der Waals surface area contributed by atoms with Crippen molar-refractivity contribution in [3.8, 4) is 0 Å². The number of benzene rings is 3. The van der Waals surface area contributed by atoms with Gasteiger partial charge in [0.2, 0.25) is 0 Å². The number of nitrogens with zero attached hydrogens (tertiary/aromatic N) is 2. The number of thiazole rings is 1. The SMILES string of the molecule is Cc1ccc(C2C3=C(N=c4sc(=Cc5cccc(Cl)c5Cl)c(=O)n42)c2ccccc2CC3)cc1. The van der Waals surface area contributed by atoms with Gasteiger partial charge in [0, 0.05) is 5.56 Å². The quantitative estimate of drug-likeness (QED) is 0.334. The van der Waals surface area contributed by atoms with Crippen LogP contribution in [0.4, 0.5) is 0 Å². The van der Waals surface area contributed by atoms with Crippen molar-refractivity contribution in [2.75, 3.05) is 0 Å². The van der Waals surface area contributed by atoms with Crippen LogP contribution in [0, 0.1) is 6.92 Å². The Hall–Kier alpha value is -2.92. The monoisotopic (exact) mass is 502 g/mol. The number of rotatable bonds is 2. The van der Waals surface area contributed by atoms with Gasteiger partial charge in [-0.2, -0.15) is 0 Å². The summed E-state index contributed by atoms with van der Waals surface area (Å²) in [5.41, 5.74) is 7.61. The zero-order valence-corrected chi connectivity index (χ0v) is 20.7. The molecule has 0 bridgehead atoms. The highest BCUT2D eigenvalue weighted by molar-refractivity contribution is 7.07. The summed E-state index contributed by atoms with van der Waals surface area (Å²) in [6.07, 6.45) is 3.63. The molecule has 1 atom stereocenters. The minimum absolute atomic E-state index is 0.0595. The molecule has 0 N–H and O–H groups in total. The summed E-state index contributed by atoms with van der Waals surface area (Å²) in [6, 6.07) is 22.2. The Bertz CT molecular complexity index is 1660. The fraction of sp³-hybridized carbons (Fsp3) is 0.143. The Morgan fingerprint density at radius 1 is 1.00 bits per heavy atom. The summed E-state index contributed by atoms with van der Waals surface area (Å²) >= 11 is 14.0. The molecule has 6 rings (SSSR count). The first-order valence-electron chi connectivity index (χ1n) is 11.1. The topological polar surface area (TPSA) is 34.4 Å². The van der Waals surface area contributed by atoms with Crippen LogP contribution in [-0.4, -0.2) is 4.57 Å². The second-order valence-electron chi connectivity index (χ2n) is 8.67. The molecule has 1 aromatic heterocycles. The van der Waals surface area contributed by atoms with Crippen LogP contribution in [0.2, 0.25) is 10.0 Å². The average molecular weight is 503 g/mol. The minimum Gasteiger partial charge on any atom is -0.272 e. The first kappa shape index (κ1) is 21.6. The zero-order valence-electron chi connectivity index (χ0n) is 18.4. The molecule has 34 heavy (non-hydrogen) atoms. The van der Waals surface area contributed by atoms with E-state index in [-0.39, 0.29) is 11.6 Å². The predicted octanol–water partition coefficient (Wildman–Crippen LogP) is 5.93. The smallest absolute Gasteiger partial charge is 0.271 e. The van der Waals surface area contributed by atoms with E-state index in [2.05, 4.69) is 55.5 Å². The van der Waals surface area contributed by atoms with Crippen LogP contribution in [0.15, 0.2) is 82.1 Å². The molecule has 0 saturated carbocycles. The average Bonchev–Trinajstić information content (AvgIpc) is 3.16. The third-order valence-corrected chi connectivity index (χ3v) is 8.35. The maximum Gasteiger partial charge on any atom is 0.271 e. The van der Waals surface area contributed by atoms with Crippen molar-refractivity contribution < 1.29 is 0 Å². The van der Waals surface area contributed by atoms with Gasteiger partial charge in [0.1, 0.15) is 0 Å². The largest absolute Gasteiger partial charge is 0.272 e. The molecular formula is C28H20Cl2N2OS. The van der Waals surface area contributed by atoms with E-state index in [1.54, 1.807) is 6.07 Å². The molecule has 3 nitrogen and oxygen atoms in total. The molecule has 4 aromatic rings. The summed E-state index contributed by atoms with van der Waals surface area (Å²) in [5.74, 6) is 0. The lowest BCUT2D eigenvalue weighted by atomic mass is 9.83. The van der Waals surface area contributed by atoms with Crippen molar-refractivity contribution in [2.24, 2.45) is 4.99 Å². The zero-order chi connectivity index (χ0) is 23.4. The fourth-order valence-corrected chi connectivity index (χ4v) is 6.20. The third kappa shape index (κ3) is 3.49. The molecule has 1 unspecified atom stereocenters. The molecule has 1 aliphatic heterocycles. The number of aromatic nitrogens is 1. The molecule has 1 aliphatic carbocycles. The van der Waals surface area contributed by atoms with Crippen LogP contribution in [0.5, 0.6) is 0 Å². The summed E-state index contributed by atoms with van der Waals surface area (Å²) in [6.45, 7) is 2.07. The molecule has 2 heterocycles. The summed E-state index contributed by atoms with van der Waals surface area (Å²) in [5, 5.41) is 0.908. The number of halogens is 2. The van der Waals surface area contributed by atoms with Crippen molar-refractivity contribution in [2.45, 2.75) is 25.8 Å². The maximum absolute atomic E-state index is 13.8. The van der Waals surface area contributed by atoms with Crippen molar-refractivity contribution >= 4 is 46.3 Å². The normalized spacial score (nSPS) is 17.1. The van der Waals surface area contributed by atoms with E-state index in [9.17, 15) is 4.79 Å². The lowest BCUT2D eigenvalue weighted by Gasteiger charge is -2.30. The van der Waals surface area contributed by atoms with Gasteiger partial charge < -0.3 is 0 Å². The highest BCUT2D eigenvalue weighted by Crippen LogP contribution is 2.41. The van der Waals surface area contributed by atoms with Gasteiger partial charge in [0.05, 0.1) is 26.3 Å². The molecule has 168 valence electrons. The van der Waals surface area contributed by atoms with Crippen LogP contribution in [0.1, 0.15) is 40.3 Å². The number of fused-ring (bicyclic) bond motifs is 3. The standard InChI is InChI=1S/C28H20Cl2N2OS/c1-16-9-11-18(12-10-16)26-21-14-13-17-5-2-3-7-20(17)25(21)31-28-32(26)27(33)23(34-28)15-19-6-4-8-22(29)24(19)30/h2-12,15,26H,13-14H2,1H3. The summed E-state index contributed by atoms with van der Waals surface area (Å²) in [4.78, 5) is 19.5. The Kier molecular flexibility index (Phi) is 5.33. The van der Waals surface area contributed by atoms with Gasteiger partial charge in [-0.3, -0.25) is 9.36 Å². The maximum atomic E-state index is 13.8. The van der Waals surface area contributed by atoms with Crippen molar-refractivity contribution in [3.05, 3.63) is 130 Å². The van der Waals surface area contributed by atoms with Crippen LogP contribution in [0.25, 0.3) is 11.8 Å². The molecule has 0 radical (unpaired) electrons. The number of allylic oxidation sites excluding steroid dienone is 1. The minimum atomic E-state index is -0.183.